The number of carbonyl (C=O) groups excluding carboxylic acids is 2. The third kappa shape index (κ3) is 4.86. The van der Waals surface area contributed by atoms with Gasteiger partial charge in [-0.3, -0.25) is 9.59 Å². The molecule has 0 fully saturated rings. The van der Waals surface area contributed by atoms with Crippen LogP contribution in [0, 0.1) is 0 Å². The molecule has 164 valence electrons. The van der Waals surface area contributed by atoms with Gasteiger partial charge in [-0.05, 0) is 48.4 Å². The summed E-state index contributed by atoms with van der Waals surface area (Å²) in [5.74, 6) is 1.05. The van der Waals surface area contributed by atoms with Gasteiger partial charge in [0.1, 0.15) is 11.5 Å². The zero-order valence-corrected chi connectivity index (χ0v) is 18.4. The predicted molar refractivity (Wildman–Crippen MR) is 123 cm³/mol. The van der Waals surface area contributed by atoms with Crippen molar-refractivity contribution in [1.29, 1.82) is 0 Å². The van der Waals surface area contributed by atoms with Crippen molar-refractivity contribution in [3.05, 3.63) is 88.4 Å². The molecule has 1 aliphatic rings. The Morgan fingerprint density at radius 1 is 1.12 bits per heavy atom. The Hall–Kier alpha value is -3.51. The van der Waals surface area contributed by atoms with Crippen LogP contribution < -0.4 is 14.8 Å². The maximum atomic E-state index is 12.6. The van der Waals surface area contributed by atoms with Crippen LogP contribution in [-0.2, 0) is 17.8 Å². The van der Waals surface area contributed by atoms with Crippen molar-refractivity contribution < 1.29 is 19.1 Å². The van der Waals surface area contributed by atoms with Crippen LogP contribution in [0.3, 0.4) is 0 Å². The van der Waals surface area contributed by atoms with Crippen molar-refractivity contribution in [1.82, 2.24) is 4.90 Å². The van der Waals surface area contributed by atoms with Gasteiger partial charge in [-0.25, -0.2) is 0 Å². The number of nitrogens with one attached hydrogen (secondary N) is 1. The highest BCUT2D eigenvalue weighted by molar-refractivity contribution is 6.34. The van der Waals surface area contributed by atoms with Gasteiger partial charge in [0.25, 0.3) is 11.8 Å². The summed E-state index contributed by atoms with van der Waals surface area (Å²) in [6.45, 7) is 0.890. The number of methoxy groups -OCH3 is 1. The Bertz CT molecular complexity index is 1150. The molecule has 0 bridgehead atoms. The molecule has 0 unspecified atom stereocenters. The molecule has 4 rings (SSSR count). The number of carbonyl (C=O) groups is 2. The fourth-order valence-electron chi connectivity index (χ4n) is 3.66. The summed E-state index contributed by atoms with van der Waals surface area (Å²) in [5, 5.41) is 3.26. The molecule has 1 N–H and O–H groups in total. The highest BCUT2D eigenvalue weighted by atomic mass is 35.5. The number of para-hydroxylation sites is 1. The third-order valence-electron chi connectivity index (χ3n) is 5.35. The Balaban J connectivity index is 1.49. The number of ether oxygens (including phenoxy) is 2. The van der Waals surface area contributed by atoms with Crippen molar-refractivity contribution in [2.24, 2.45) is 0 Å². The van der Waals surface area contributed by atoms with Crippen molar-refractivity contribution in [2.45, 2.75) is 13.0 Å². The second-order valence-electron chi connectivity index (χ2n) is 7.42. The molecule has 7 heteroatoms. The highest BCUT2D eigenvalue weighted by Crippen LogP contribution is 2.28. The van der Waals surface area contributed by atoms with Crippen molar-refractivity contribution in [2.75, 3.05) is 25.6 Å². The molecule has 3 aromatic rings. The second kappa shape index (κ2) is 9.75. The fraction of sp³-hybridized carbons (Fsp3) is 0.200. The van der Waals surface area contributed by atoms with E-state index in [9.17, 15) is 9.59 Å². The lowest BCUT2D eigenvalue weighted by molar-refractivity contribution is -0.133. The highest BCUT2D eigenvalue weighted by Gasteiger charge is 2.22. The van der Waals surface area contributed by atoms with Crippen LogP contribution in [0.2, 0.25) is 5.02 Å². The molecule has 0 saturated heterocycles. The first-order chi connectivity index (χ1) is 15.5. The van der Waals surface area contributed by atoms with Gasteiger partial charge >= 0.3 is 0 Å². The van der Waals surface area contributed by atoms with Crippen molar-refractivity contribution in [3.63, 3.8) is 0 Å². The lowest BCUT2D eigenvalue weighted by atomic mass is 10.1. The molecule has 0 spiro atoms. The summed E-state index contributed by atoms with van der Waals surface area (Å²) in [6, 6.07) is 20.0. The molecule has 1 aliphatic heterocycles. The number of anilines is 1. The first-order valence-corrected chi connectivity index (χ1v) is 10.6. The SMILES string of the molecule is COc1ccccc1CCN1Cc2cc(NC(=O)c3ccccc3Cl)ccc2OCC1=O. The number of amides is 2. The molecule has 6 nitrogen and oxygen atoms in total. The number of hydrogen-bond donors (Lipinski definition) is 1. The second-order valence-corrected chi connectivity index (χ2v) is 7.83. The van der Waals surface area contributed by atoms with E-state index in [-0.39, 0.29) is 18.4 Å². The molecule has 1 heterocycles. The van der Waals surface area contributed by atoms with Gasteiger partial charge in [-0.2, -0.15) is 0 Å². The summed E-state index contributed by atoms with van der Waals surface area (Å²) < 4.78 is 11.1. The van der Waals surface area contributed by atoms with Crippen LogP contribution in [0.15, 0.2) is 66.7 Å². The molecular formula is C25H23ClN2O4. The topological polar surface area (TPSA) is 67.9 Å². The summed E-state index contributed by atoms with van der Waals surface area (Å²) in [7, 11) is 1.64. The molecule has 0 aliphatic carbocycles. The van der Waals surface area contributed by atoms with Crippen LogP contribution in [-0.4, -0.2) is 37.0 Å². The molecule has 0 atom stereocenters. The maximum absolute atomic E-state index is 12.6. The lowest BCUT2D eigenvalue weighted by Crippen LogP contribution is -2.34. The third-order valence-corrected chi connectivity index (χ3v) is 5.68. The number of fused-ring (bicyclic) bond motifs is 1. The van der Waals surface area contributed by atoms with Crippen molar-refractivity contribution in [3.8, 4) is 11.5 Å². The Morgan fingerprint density at radius 2 is 1.91 bits per heavy atom. The zero-order valence-electron chi connectivity index (χ0n) is 17.6. The van der Waals surface area contributed by atoms with Gasteiger partial charge in [-0.15, -0.1) is 0 Å². The van der Waals surface area contributed by atoms with Gasteiger partial charge < -0.3 is 19.7 Å². The van der Waals surface area contributed by atoms with E-state index < -0.39 is 0 Å². The van der Waals surface area contributed by atoms with Gasteiger partial charge in [0, 0.05) is 24.3 Å². The zero-order chi connectivity index (χ0) is 22.5. The minimum absolute atomic E-state index is 0.0236. The quantitative estimate of drug-likeness (QED) is 0.597. The number of halogens is 1. The minimum atomic E-state index is -0.297. The van der Waals surface area contributed by atoms with Gasteiger partial charge in [0.15, 0.2) is 6.61 Å². The molecule has 0 aromatic heterocycles. The largest absolute Gasteiger partial charge is 0.496 e. The minimum Gasteiger partial charge on any atom is -0.496 e. The average Bonchev–Trinajstić information content (AvgIpc) is 2.96. The Kier molecular flexibility index (Phi) is 6.61. The van der Waals surface area contributed by atoms with E-state index in [1.807, 2.05) is 30.3 Å². The van der Waals surface area contributed by atoms with Crippen LogP contribution in [0.25, 0.3) is 0 Å². The smallest absolute Gasteiger partial charge is 0.260 e. The molecule has 3 aromatic carbocycles. The maximum Gasteiger partial charge on any atom is 0.260 e. The van der Waals surface area contributed by atoms with Gasteiger partial charge in [0.05, 0.1) is 17.7 Å². The van der Waals surface area contributed by atoms with E-state index in [1.165, 1.54) is 0 Å². The summed E-state index contributed by atoms with van der Waals surface area (Å²) in [4.78, 5) is 27.0. The van der Waals surface area contributed by atoms with Crippen molar-refractivity contribution >= 4 is 29.1 Å². The summed E-state index contributed by atoms with van der Waals surface area (Å²) >= 11 is 6.13. The standard InChI is InChI=1S/C25H23ClN2O4/c1-31-22-9-5-2-6-17(22)12-13-28-15-18-14-19(10-11-23(18)32-16-24(28)29)27-25(30)20-7-3-4-8-21(20)26/h2-11,14H,12-13,15-16H2,1H3,(H,27,30). The van der Waals surface area contributed by atoms with E-state index >= 15 is 0 Å². The van der Waals surface area contributed by atoms with Gasteiger partial charge in [-0.1, -0.05) is 41.9 Å². The molecule has 0 radical (unpaired) electrons. The van der Waals surface area contributed by atoms with E-state index in [4.69, 9.17) is 21.1 Å². The number of rotatable bonds is 6. The van der Waals surface area contributed by atoms with Crippen LogP contribution >= 0.6 is 11.6 Å². The van der Waals surface area contributed by atoms with Crippen LogP contribution in [0.1, 0.15) is 21.5 Å². The normalized spacial score (nSPS) is 13.1. The summed E-state index contributed by atoms with van der Waals surface area (Å²) in [5.41, 5.74) is 2.87. The monoisotopic (exact) mass is 450 g/mol. The fourth-order valence-corrected chi connectivity index (χ4v) is 3.88. The summed E-state index contributed by atoms with van der Waals surface area (Å²) in [6.07, 6.45) is 0.661. The Labute approximate surface area is 191 Å². The van der Waals surface area contributed by atoms with E-state index in [0.717, 1.165) is 16.9 Å². The van der Waals surface area contributed by atoms with Gasteiger partial charge in [0.2, 0.25) is 0 Å². The number of benzene rings is 3. The van der Waals surface area contributed by atoms with E-state index in [1.54, 1.807) is 48.4 Å². The predicted octanol–water partition coefficient (Wildman–Crippen LogP) is 4.56. The average molecular weight is 451 g/mol. The number of nitrogens with zero attached hydrogens (tertiary/aromatic N) is 1. The number of hydrogen-bond acceptors (Lipinski definition) is 4. The van der Waals surface area contributed by atoms with E-state index in [0.29, 0.717) is 41.5 Å². The van der Waals surface area contributed by atoms with E-state index in [2.05, 4.69) is 5.32 Å². The first kappa shape index (κ1) is 21.7. The Morgan fingerprint density at radius 3 is 2.72 bits per heavy atom. The molecular weight excluding hydrogens is 428 g/mol. The first-order valence-electron chi connectivity index (χ1n) is 10.3. The molecule has 2 amide bonds. The van der Waals surface area contributed by atoms with Crippen LogP contribution in [0.4, 0.5) is 5.69 Å². The van der Waals surface area contributed by atoms with Crippen LogP contribution in [0.5, 0.6) is 11.5 Å². The lowest BCUT2D eigenvalue weighted by Gasteiger charge is -2.21. The molecule has 0 saturated carbocycles. The molecule has 32 heavy (non-hydrogen) atoms.